The molecule has 1 aliphatic carbocycles. The highest BCUT2D eigenvalue weighted by molar-refractivity contribution is 7.12. The van der Waals surface area contributed by atoms with Gasteiger partial charge in [0.15, 0.2) is 0 Å². The van der Waals surface area contributed by atoms with Crippen molar-refractivity contribution in [2.24, 2.45) is 22.0 Å². The number of aromatic amines is 1. The summed E-state index contributed by atoms with van der Waals surface area (Å²) in [5, 5.41) is 4.40. The SMILES string of the molecule is CO/N=C1/CN(c2cc3c(cc2F)c(=O)c2c(=O)[nH]sc2n3C2CC2)CC1(CN)CN. The van der Waals surface area contributed by atoms with Crippen molar-refractivity contribution in [1.29, 1.82) is 0 Å². The molecule has 0 bridgehead atoms. The molecule has 1 aliphatic heterocycles. The molecule has 5 rings (SSSR count). The largest absolute Gasteiger partial charge is 0.399 e. The van der Waals surface area contributed by atoms with E-state index in [1.54, 1.807) is 6.07 Å². The third-order valence-electron chi connectivity index (χ3n) is 6.38. The Bertz CT molecular complexity index is 1330. The third-order valence-corrected chi connectivity index (χ3v) is 7.26. The van der Waals surface area contributed by atoms with Crippen molar-refractivity contribution in [3.05, 3.63) is 38.5 Å². The Morgan fingerprint density at radius 3 is 2.71 bits per heavy atom. The van der Waals surface area contributed by atoms with E-state index < -0.39 is 22.2 Å². The maximum Gasteiger partial charge on any atom is 0.271 e. The second kappa shape index (κ2) is 7.14. The molecule has 2 fully saturated rings. The Labute approximate surface area is 180 Å². The molecule has 164 valence electrons. The molecule has 1 aromatic carbocycles. The van der Waals surface area contributed by atoms with Gasteiger partial charge in [-0.25, -0.2) is 4.39 Å². The molecule has 0 amide bonds. The van der Waals surface area contributed by atoms with E-state index in [-0.39, 0.29) is 29.9 Å². The van der Waals surface area contributed by atoms with Crippen LogP contribution in [0.4, 0.5) is 10.1 Å². The molecule has 9 nitrogen and oxygen atoms in total. The summed E-state index contributed by atoms with van der Waals surface area (Å²) >= 11 is 1.14. The first-order valence-corrected chi connectivity index (χ1v) is 10.9. The lowest BCUT2D eigenvalue weighted by atomic mass is 9.86. The summed E-state index contributed by atoms with van der Waals surface area (Å²) in [7, 11) is 1.45. The number of hydrogen-bond donors (Lipinski definition) is 3. The molecule has 0 spiro atoms. The standard InChI is InChI=1S/C20H23FN6O3S/c1-30-24-15-6-26(9-20(15,7-22)8-23)14-5-13-11(4-12(14)21)17(28)16-18(29)25-31-19(16)27(13)10-2-3-10/h4-5,10H,2-3,6-9,22-23H2,1H3,(H,25,29)/b24-15-. The molecule has 0 atom stereocenters. The lowest BCUT2D eigenvalue weighted by Gasteiger charge is -2.26. The number of fused-ring (bicyclic) bond motifs is 2. The Hall–Kier alpha value is -2.76. The van der Waals surface area contributed by atoms with E-state index in [2.05, 4.69) is 9.53 Å². The first kappa shape index (κ1) is 20.2. The number of aromatic nitrogens is 2. The number of H-pyrrole nitrogens is 1. The van der Waals surface area contributed by atoms with Crippen molar-refractivity contribution < 1.29 is 9.23 Å². The van der Waals surface area contributed by atoms with E-state index in [0.717, 1.165) is 24.4 Å². The molecular weight excluding hydrogens is 423 g/mol. The number of anilines is 1. The monoisotopic (exact) mass is 446 g/mol. The van der Waals surface area contributed by atoms with Crippen LogP contribution in [0.3, 0.4) is 0 Å². The summed E-state index contributed by atoms with van der Waals surface area (Å²) < 4.78 is 19.9. The summed E-state index contributed by atoms with van der Waals surface area (Å²) in [6.45, 7) is 1.21. The van der Waals surface area contributed by atoms with Gasteiger partial charge in [0, 0.05) is 31.1 Å². The quantitative estimate of drug-likeness (QED) is 0.503. The van der Waals surface area contributed by atoms with Crippen molar-refractivity contribution in [2.75, 3.05) is 38.2 Å². The Balaban J connectivity index is 1.73. The van der Waals surface area contributed by atoms with Crippen molar-refractivity contribution in [2.45, 2.75) is 18.9 Å². The zero-order chi connectivity index (χ0) is 21.9. The Morgan fingerprint density at radius 1 is 1.32 bits per heavy atom. The third kappa shape index (κ3) is 2.91. The van der Waals surface area contributed by atoms with Crippen LogP contribution in [0.15, 0.2) is 26.9 Å². The van der Waals surface area contributed by atoms with Crippen LogP contribution in [0, 0.1) is 11.2 Å². The number of nitrogens with zero attached hydrogens (tertiary/aromatic N) is 3. The molecule has 0 radical (unpaired) electrons. The average Bonchev–Trinajstić information content (AvgIpc) is 3.43. The van der Waals surface area contributed by atoms with E-state index in [1.165, 1.54) is 13.2 Å². The van der Waals surface area contributed by atoms with Gasteiger partial charge in [-0.05, 0) is 36.5 Å². The minimum atomic E-state index is -0.613. The molecule has 11 heteroatoms. The molecule has 31 heavy (non-hydrogen) atoms. The van der Waals surface area contributed by atoms with Gasteiger partial charge in [0.05, 0.1) is 28.9 Å². The summed E-state index contributed by atoms with van der Waals surface area (Å²) in [4.78, 5) is 32.6. The molecule has 1 saturated carbocycles. The van der Waals surface area contributed by atoms with Gasteiger partial charge in [-0.15, -0.1) is 0 Å². The highest BCUT2D eigenvalue weighted by Crippen LogP contribution is 2.41. The number of pyridine rings is 1. The number of nitrogens with one attached hydrogen (secondary N) is 1. The first-order valence-electron chi connectivity index (χ1n) is 10.1. The maximum absolute atomic E-state index is 15.3. The summed E-state index contributed by atoms with van der Waals surface area (Å²) in [5.41, 5.74) is 12.2. The summed E-state index contributed by atoms with van der Waals surface area (Å²) in [6.07, 6.45) is 1.90. The number of hydrogen-bond acceptors (Lipinski definition) is 8. The van der Waals surface area contributed by atoms with Crippen LogP contribution >= 0.6 is 11.5 Å². The smallest absolute Gasteiger partial charge is 0.271 e. The zero-order valence-electron chi connectivity index (χ0n) is 17.0. The van der Waals surface area contributed by atoms with Crippen LogP contribution in [-0.4, -0.2) is 47.9 Å². The van der Waals surface area contributed by atoms with Gasteiger partial charge in [-0.2, -0.15) is 0 Å². The summed E-state index contributed by atoms with van der Waals surface area (Å²) in [6, 6.07) is 3.12. The van der Waals surface area contributed by atoms with Gasteiger partial charge in [-0.1, -0.05) is 5.16 Å². The van der Waals surface area contributed by atoms with Crippen LogP contribution < -0.4 is 27.4 Å². The fourth-order valence-electron chi connectivity index (χ4n) is 4.49. The summed E-state index contributed by atoms with van der Waals surface area (Å²) in [5.74, 6) is -0.542. The van der Waals surface area contributed by atoms with E-state index >= 15 is 4.39 Å². The van der Waals surface area contributed by atoms with Gasteiger partial charge < -0.3 is 25.8 Å². The lowest BCUT2D eigenvalue weighted by molar-refractivity contribution is 0.208. The maximum atomic E-state index is 15.3. The van der Waals surface area contributed by atoms with E-state index in [4.69, 9.17) is 16.3 Å². The molecule has 3 aromatic rings. The van der Waals surface area contributed by atoms with Gasteiger partial charge in [0.2, 0.25) is 5.43 Å². The van der Waals surface area contributed by atoms with Crippen LogP contribution in [-0.2, 0) is 4.84 Å². The Kier molecular flexibility index (Phi) is 4.65. The highest BCUT2D eigenvalue weighted by atomic mass is 32.1. The molecule has 1 saturated heterocycles. The molecular formula is C20H23FN6O3S. The first-order chi connectivity index (χ1) is 14.9. The van der Waals surface area contributed by atoms with Crippen LogP contribution in [0.2, 0.25) is 0 Å². The van der Waals surface area contributed by atoms with Crippen LogP contribution in [0.25, 0.3) is 21.1 Å². The lowest BCUT2D eigenvalue weighted by Crippen LogP contribution is -2.45. The number of halogens is 1. The zero-order valence-corrected chi connectivity index (χ0v) is 17.8. The van der Waals surface area contributed by atoms with Crippen LogP contribution in [0.1, 0.15) is 18.9 Å². The second-order valence-electron chi connectivity index (χ2n) is 8.23. The van der Waals surface area contributed by atoms with E-state index in [1.807, 2.05) is 9.47 Å². The van der Waals surface area contributed by atoms with Gasteiger partial charge in [0.1, 0.15) is 23.1 Å². The molecule has 2 aliphatic rings. The van der Waals surface area contributed by atoms with Crippen molar-refractivity contribution in [3.63, 3.8) is 0 Å². The fraction of sp³-hybridized carbons (Fsp3) is 0.450. The minimum Gasteiger partial charge on any atom is -0.399 e. The molecule has 0 unspecified atom stereocenters. The topological polar surface area (TPSA) is 132 Å². The number of oxime groups is 1. The number of rotatable bonds is 5. The van der Waals surface area contributed by atoms with Crippen molar-refractivity contribution in [3.8, 4) is 0 Å². The predicted molar refractivity (Wildman–Crippen MR) is 120 cm³/mol. The molecule has 3 heterocycles. The fourth-order valence-corrected chi connectivity index (χ4v) is 5.42. The van der Waals surface area contributed by atoms with Crippen molar-refractivity contribution in [1.82, 2.24) is 8.94 Å². The molecule has 2 aromatic heterocycles. The highest BCUT2D eigenvalue weighted by Gasteiger charge is 2.43. The van der Waals surface area contributed by atoms with Gasteiger partial charge in [0.25, 0.3) is 5.56 Å². The Morgan fingerprint density at radius 2 is 2.06 bits per heavy atom. The van der Waals surface area contributed by atoms with Crippen molar-refractivity contribution >= 4 is 44.1 Å². The number of nitrogens with two attached hydrogens (primary N) is 2. The minimum absolute atomic E-state index is 0.0949. The second-order valence-corrected chi connectivity index (χ2v) is 9.02. The molecule has 5 N–H and O–H groups in total. The van der Waals surface area contributed by atoms with Gasteiger partial charge in [-0.3, -0.25) is 14.0 Å². The van der Waals surface area contributed by atoms with Gasteiger partial charge >= 0.3 is 0 Å². The van der Waals surface area contributed by atoms with E-state index in [0.29, 0.717) is 34.8 Å². The normalized spacial score (nSPS) is 19.7. The number of benzene rings is 1. The van der Waals surface area contributed by atoms with Crippen LogP contribution in [0.5, 0.6) is 0 Å². The predicted octanol–water partition coefficient (Wildman–Crippen LogP) is 1.10. The average molecular weight is 447 g/mol. The van der Waals surface area contributed by atoms with E-state index in [9.17, 15) is 9.59 Å².